The van der Waals surface area contributed by atoms with Crippen LogP contribution in [-0.2, 0) is 22.6 Å². The lowest BCUT2D eigenvalue weighted by molar-refractivity contribution is -0.136. The zero-order valence-corrected chi connectivity index (χ0v) is 14.2. The van der Waals surface area contributed by atoms with Gasteiger partial charge in [0.05, 0.1) is 6.42 Å². The van der Waals surface area contributed by atoms with Crippen molar-refractivity contribution in [3.63, 3.8) is 0 Å². The minimum atomic E-state index is -0.927. The zero-order valence-electron chi connectivity index (χ0n) is 14.2. The number of alkyl carbamates (subject to hydrolysis) is 1. The molecule has 0 heterocycles. The number of rotatable bonds is 8. The number of ether oxygens (including phenoxy) is 1. The van der Waals surface area contributed by atoms with Gasteiger partial charge in [-0.2, -0.15) is 0 Å². The second kappa shape index (κ2) is 9.88. The van der Waals surface area contributed by atoms with Crippen LogP contribution in [0, 0.1) is 0 Å². The molecule has 0 aromatic heterocycles. The Balaban J connectivity index is 1.73. The lowest BCUT2D eigenvalue weighted by atomic mass is 10.1. The van der Waals surface area contributed by atoms with E-state index in [2.05, 4.69) is 5.32 Å². The summed E-state index contributed by atoms with van der Waals surface area (Å²) in [5, 5.41) is 21.3. The standard InChI is InChI=1S/C20H21NO5/c22-18-10-9-16(13-19(23)24)12-17(18)8-4-5-11-21-20(25)26-14-15-6-2-1-3-7-15/h1-4,6-10,12,22H,5,11,13-14H2,(H,21,25)(H,23,24). The maximum absolute atomic E-state index is 11.6. The number of aliphatic carboxylic acids is 1. The van der Waals surface area contributed by atoms with Crippen LogP contribution in [0.5, 0.6) is 5.75 Å². The molecule has 0 saturated heterocycles. The molecule has 2 rings (SSSR count). The van der Waals surface area contributed by atoms with Crippen LogP contribution < -0.4 is 5.32 Å². The first-order valence-corrected chi connectivity index (χ1v) is 8.19. The first-order chi connectivity index (χ1) is 12.5. The van der Waals surface area contributed by atoms with Crippen molar-refractivity contribution in [3.8, 4) is 5.75 Å². The van der Waals surface area contributed by atoms with E-state index >= 15 is 0 Å². The maximum Gasteiger partial charge on any atom is 0.407 e. The van der Waals surface area contributed by atoms with Crippen molar-refractivity contribution in [2.24, 2.45) is 0 Å². The van der Waals surface area contributed by atoms with Gasteiger partial charge in [-0.05, 0) is 29.7 Å². The predicted molar refractivity (Wildman–Crippen MR) is 97.7 cm³/mol. The van der Waals surface area contributed by atoms with E-state index in [4.69, 9.17) is 9.84 Å². The van der Waals surface area contributed by atoms with E-state index in [-0.39, 0.29) is 18.8 Å². The second-order valence-electron chi connectivity index (χ2n) is 5.64. The van der Waals surface area contributed by atoms with Gasteiger partial charge >= 0.3 is 12.1 Å². The van der Waals surface area contributed by atoms with Gasteiger partial charge in [-0.25, -0.2) is 4.79 Å². The number of phenolic OH excluding ortho intramolecular Hbond substituents is 1. The number of phenols is 1. The Hall–Kier alpha value is -3.28. The van der Waals surface area contributed by atoms with Crippen molar-refractivity contribution in [1.82, 2.24) is 5.32 Å². The summed E-state index contributed by atoms with van der Waals surface area (Å²) < 4.78 is 5.09. The number of carboxylic acid groups (broad SMARTS) is 1. The van der Waals surface area contributed by atoms with Crippen LogP contribution in [0.3, 0.4) is 0 Å². The zero-order chi connectivity index (χ0) is 18.8. The van der Waals surface area contributed by atoms with Gasteiger partial charge in [-0.15, -0.1) is 0 Å². The fourth-order valence-electron chi connectivity index (χ4n) is 2.26. The summed E-state index contributed by atoms with van der Waals surface area (Å²) in [4.78, 5) is 22.3. The van der Waals surface area contributed by atoms with E-state index in [0.29, 0.717) is 24.1 Å². The lowest BCUT2D eigenvalue weighted by Crippen LogP contribution is -2.24. The Kier molecular flexibility index (Phi) is 7.24. The number of carbonyl (C=O) groups excluding carboxylic acids is 1. The molecule has 136 valence electrons. The Labute approximate surface area is 151 Å². The molecule has 1 amide bonds. The fraction of sp³-hybridized carbons (Fsp3) is 0.200. The maximum atomic E-state index is 11.6. The van der Waals surface area contributed by atoms with Gasteiger partial charge in [0.1, 0.15) is 12.4 Å². The van der Waals surface area contributed by atoms with Gasteiger partial charge in [0.15, 0.2) is 0 Å². The second-order valence-corrected chi connectivity index (χ2v) is 5.64. The molecule has 0 aliphatic heterocycles. The smallest absolute Gasteiger partial charge is 0.407 e. The molecule has 0 spiro atoms. The molecule has 0 saturated carbocycles. The average Bonchev–Trinajstić information content (AvgIpc) is 2.62. The molecule has 0 atom stereocenters. The topological polar surface area (TPSA) is 95.9 Å². The first kappa shape index (κ1) is 19.1. The molecule has 0 aliphatic rings. The molecule has 0 bridgehead atoms. The highest BCUT2D eigenvalue weighted by molar-refractivity contribution is 5.71. The normalized spacial score (nSPS) is 10.6. The van der Waals surface area contributed by atoms with Crippen LogP contribution in [0.1, 0.15) is 23.1 Å². The molecular weight excluding hydrogens is 334 g/mol. The molecule has 3 N–H and O–H groups in total. The van der Waals surface area contributed by atoms with Crippen molar-refractivity contribution >= 4 is 18.1 Å². The molecule has 6 heteroatoms. The molecule has 26 heavy (non-hydrogen) atoms. The van der Waals surface area contributed by atoms with E-state index < -0.39 is 12.1 Å². The summed E-state index contributed by atoms with van der Waals surface area (Å²) in [6.45, 7) is 0.604. The fourth-order valence-corrected chi connectivity index (χ4v) is 2.26. The van der Waals surface area contributed by atoms with Crippen molar-refractivity contribution < 1.29 is 24.5 Å². The minimum absolute atomic E-state index is 0.0746. The number of hydrogen-bond acceptors (Lipinski definition) is 4. The van der Waals surface area contributed by atoms with Crippen LogP contribution in [0.2, 0.25) is 0 Å². The Morgan fingerprint density at radius 2 is 1.85 bits per heavy atom. The molecule has 0 fully saturated rings. The quantitative estimate of drug-likeness (QED) is 0.631. The number of carboxylic acids is 1. The number of benzene rings is 2. The van der Waals surface area contributed by atoms with E-state index in [1.807, 2.05) is 30.3 Å². The molecule has 2 aromatic rings. The summed E-state index contributed by atoms with van der Waals surface area (Å²) in [7, 11) is 0. The molecule has 2 aromatic carbocycles. The van der Waals surface area contributed by atoms with Gasteiger partial charge in [0.2, 0.25) is 0 Å². The summed E-state index contributed by atoms with van der Waals surface area (Å²) in [5.41, 5.74) is 2.06. The van der Waals surface area contributed by atoms with Crippen molar-refractivity contribution in [2.75, 3.05) is 6.54 Å². The highest BCUT2D eigenvalue weighted by Crippen LogP contribution is 2.20. The number of amides is 1. The van der Waals surface area contributed by atoms with Gasteiger partial charge in [-0.3, -0.25) is 4.79 Å². The summed E-state index contributed by atoms with van der Waals surface area (Å²) >= 11 is 0. The van der Waals surface area contributed by atoms with E-state index in [1.54, 1.807) is 24.3 Å². The number of carbonyl (C=O) groups is 2. The van der Waals surface area contributed by atoms with Gasteiger partial charge in [0, 0.05) is 12.1 Å². The molecule has 0 aliphatic carbocycles. The Bertz CT molecular complexity index is 771. The average molecular weight is 355 g/mol. The van der Waals surface area contributed by atoms with Gasteiger partial charge < -0.3 is 20.3 Å². The molecular formula is C20H21NO5. The van der Waals surface area contributed by atoms with E-state index in [1.165, 1.54) is 6.07 Å². The summed E-state index contributed by atoms with van der Waals surface area (Å²) in [6.07, 6.45) is 3.43. The SMILES string of the molecule is O=C(O)Cc1ccc(O)c(C=CCCNC(=O)OCc2ccccc2)c1. The number of nitrogens with one attached hydrogen (secondary N) is 1. The van der Waals surface area contributed by atoms with Crippen LogP contribution in [0.15, 0.2) is 54.6 Å². The Morgan fingerprint density at radius 3 is 2.58 bits per heavy atom. The minimum Gasteiger partial charge on any atom is -0.507 e. The predicted octanol–water partition coefficient (Wildman–Crippen LogP) is 3.35. The van der Waals surface area contributed by atoms with E-state index in [9.17, 15) is 14.7 Å². The highest BCUT2D eigenvalue weighted by atomic mass is 16.5. The van der Waals surface area contributed by atoms with Crippen molar-refractivity contribution in [1.29, 1.82) is 0 Å². The largest absolute Gasteiger partial charge is 0.507 e. The van der Waals surface area contributed by atoms with Crippen molar-refractivity contribution in [3.05, 3.63) is 71.3 Å². The summed E-state index contributed by atoms with van der Waals surface area (Å²) in [6, 6.07) is 14.1. The highest BCUT2D eigenvalue weighted by Gasteiger charge is 2.04. The van der Waals surface area contributed by atoms with Crippen LogP contribution in [0.25, 0.3) is 6.08 Å². The van der Waals surface area contributed by atoms with Gasteiger partial charge in [0.25, 0.3) is 0 Å². The Morgan fingerprint density at radius 1 is 1.08 bits per heavy atom. The number of hydrogen-bond donors (Lipinski definition) is 3. The van der Waals surface area contributed by atoms with Crippen LogP contribution >= 0.6 is 0 Å². The first-order valence-electron chi connectivity index (χ1n) is 8.19. The van der Waals surface area contributed by atoms with Crippen LogP contribution in [0.4, 0.5) is 4.79 Å². The number of aromatic hydroxyl groups is 1. The molecule has 6 nitrogen and oxygen atoms in total. The third kappa shape index (κ3) is 6.68. The third-order valence-electron chi connectivity index (χ3n) is 3.54. The molecule has 0 unspecified atom stereocenters. The third-order valence-corrected chi connectivity index (χ3v) is 3.54. The monoisotopic (exact) mass is 355 g/mol. The van der Waals surface area contributed by atoms with Crippen molar-refractivity contribution in [2.45, 2.75) is 19.4 Å². The molecule has 0 radical (unpaired) electrons. The van der Waals surface area contributed by atoms with Crippen LogP contribution in [-0.4, -0.2) is 28.8 Å². The summed E-state index contributed by atoms with van der Waals surface area (Å²) in [5.74, 6) is -0.852. The van der Waals surface area contributed by atoms with E-state index in [0.717, 1.165) is 5.56 Å². The van der Waals surface area contributed by atoms with Gasteiger partial charge in [-0.1, -0.05) is 48.6 Å². The lowest BCUT2D eigenvalue weighted by Gasteiger charge is -2.06.